The van der Waals surface area contributed by atoms with Gasteiger partial charge in [-0.15, -0.1) is 11.8 Å². The van der Waals surface area contributed by atoms with E-state index >= 15 is 0 Å². The van der Waals surface area contributed by atoms with Gasteiger partial charge in [0, 0.05) is 15.4 Å². The summed E-state index contributed by atoms with van der Waals surface area (Å²) >= 11 is 5.41. The summed E-state index contributed by atoms with van der Waals surface area (Å²) in [5.41, 5.74) is 0. The minimum Gasteiger partial charge on any atom is -0.317 e. The molecule has 1 unspecified atom stereocenters. The van der Waals surface area contributed by atoms with Gasteiger partial charge in [-0.1, -0.05) is 22.0 Å². The maximum absolute atomic E-state index is 3.48. The molecule has 0 spiro atoms. The third-order valence-electron chi connectivity index (χ3n) is 2.34. The van der Waals surface area contributed by atoms with Crippen LogP contribution in [0.4, 0.5) is 0 Å². The Morgan fingerprint density at radius 2 is 2.27 bits per heavy atom. The summed E-state index contributed by atoms with van der Waals surface area (Å²) in [6.07, 6.45) is 2.51. The van der Waals surface area contributed by atoms with Gasteiger partial charge in [0.15, 0.2) is 0 Å². The summed E-state index contributed by atoms with van der Waals surface area (Å²) in [7, 11) is 2.02. The number of thioether (sulfide) groups is 1. The first-order valence-corrected chi connectivity index (χ1v) is 7.06. The fourth-order valence-corrected chi connectivity index (χ4v) is 2.76. The predicted molar refractivity (Wildman–Crippen MR) is 72.6 cm³/mol. The van der Waals surface area contributed by atoms with Crippen LogP contribution in [0.2, 0.25) is 0 Å². The van der Waals surface area contributed by atoms with Crippen molar-refractivity contribution in [1.29, 1.82) is 0 Å². The highest BCUT2D eigenvalue weighted by atomic mass is 79.9. The molecule has 1 atom stereocenters. The monoisotopic (exact) mass is 287 g/mol. The van der Waals surface area contributed by atoms with Crippen molar-refractivity contribution in [2.45, 2.75) is 30.7 Å². The molecule has 0 heterocycles. The quantitative estimate of drug-likeness (QED) is 0.629. The molecule has 0 saturated carbocycles. The van der Waals surface area contributed by atoms with Crippen LogP contribution in [0.1, 0.15) is 19.8 Å². The summed E-state index contributed by atoms with van der Waals surface area (Å²) in [6.45, 7) is 2.23. The van der Waals surface area contributed by atoms with Crippen LogP contribution in [-0.4, -0.2) is 18.8 Å². The molecule has 1 rings (SSSR count). The van der Waals surface area contributed by atoms with Gasteiger partial charge in [0.1, 0.15) is 0 Å². The SMILES string of the molecule is CNC(C)CCCSc1cccc(Br)c1. The number of rotatable bonds is 6. The summed E-state index contributed by atoms with van der Waals surface area (Å²) in [4.78, 5) is 1.35. The van der Waals surface area contributed by atoms with Crippen LogP contribution in [-0.2, 0) is 0 Å². The highest BCUT2D eigenvalue weighted by molar-refractivity contribution is 9.10. The molecule has 0 aliphatic carbocycles. The minimum atomic E-state index is 0.633. The van der Waals surface area contributed by atoms with Crippen molar-refractivity contribution in [3.8, 4) is 0 Å². The second kappa shape index (κ2) is 7.31. The van der Waals surface area contributed by atoms with E-state index < -0.39 is 0 Å². The Kier molecular flexibility index (Phi) is 6.37. The van der Waals surface area contributed by atoms with Crippen molar-refractivity contribution in [3.63, 3.8) is 0 Å². The maximum atomic E-state index is 3.48. The Bertz CT molecular complexity index is 291. The fourth-order valence-electron chi connectivity index (χ4n) is 1.28. The molecule has 3 heteroatoms. The lowest BCUT2D eigenvalue weighted by molar-refractivity contribution is 0.559. The fraction of sp³-hybridized carbons (Fsp3) is 0.500. The van der Waals surface area contributed by atoms with Crippen molar-refractivity contribution in [1.82, 2.24) is 5.32 Å². The van der Waals surface area contributed by atoms with Crippen LogP contribution in [0.5, 0.6) is 0 Å². The number of nitrogens with one attached hydrogen (secondary N) is 1. The topological polar surface area (TPSA) is 12.0 Å². The molecule has 0 aromatic heterocycles. The zero-order valence-electron chi connectivity index (χ0n) is 9.29. The number of hydrogen-bond donors (Lipinski definition) is 1. The van der Waals surface area contributed by atoms with E-state index in [1.807, 2.05) is 18.8 Å². The van der Waals surface area contributed by atoms with Crippen molar-refractivity contribution in [3.05, 3.63) is 28.7 Å². The number of benzene rings is 1. The van der Waals surface area contributed by atoms with Crippen molar-refractivity contribution < 1.29 is 0 Å². The first-order chi connectivity index (χ1) is 7.22. The Morgan fingerprint density at radius 1 is 1.47 bits per heavy atom. The standard InChI is InChI=1S/C12H18BrNS/c1-10(14-2)5-4-8-15-12-7-3-6-11(13)9-12/h3,6-7,9-10,14H,4-5,8H2,1-2H3. The molecule has 0 amide bonds. The van der Waals surface area contributed by atoms with E-state index in [0.717, 1.165) is 4.47 Å². The van der Waals surface area contributed by atoms with Gasteiger partial charge in [0.2, 0.25) is 0 Å². The van der Waals surface area contributed by atoms with E-state index in [-0.39, 0.29) is 0 Å². The number of halogens is 1. The predicted octanol–water partition coefficient (Wildman–Crippen LogP) is 3.93. The smallest absolute Gasteiger partial charge is 0.0186 e. The molecule has 1 nitrogen and oxygen atoms in total. The zero-order valence-corrected chi connectivity index (χ0v) is 11.7. The van der Waals surface area contributed by atoms with Crippen LogP contribution in [0.15, 0.2) is 33.6 Å². The van der Waals surface area contributed by atoms with E-state index in [2.05, 4.69) is 52.4 Å². The normalized spacial score (nSPS) is 12.7. The maximum Gasteiger partial charge on any atom is 0.0186 e. The van der Waals surface area contributed by atoms with Crippen LogP contribution >= 0.6 is 27.7 Å². The highest BCUT2D eigenvalue weighted by Crippen LogP contribution is 2.22. The lowest BCUT2D eigenvalue weighted by atomic mass is 10.2. The molecule has 0 aliphatic rings. The van der Waals surface area contributed by atoms with Gasteiger partial charge in [-0.25, -0.2) is 0 Å². The van der Waals surface area contributed by atoms with Crippen LogP contribution < -0.4 is 5.32 Å². The zero-order chi connectivity index (χ0) is 11.1. The Hall–Kier alpha value is 0.01000. The van der Waals surface area contributed by atoms with E-state index in [1.165, 1.54) is 23.5 Å². The Balaban J connectivity index is 2.20. The van der Waals surface area contributed by atoms with Crippen molar-refractivity contribution >= 4 is 27.7 Å². The number of hydrogen-bond acceptors (Lipinski definition) is 2. The third kappa shape index (κ3) is 5.59. The molecule has 1 N–H and O–H groups in total. The van der Waals surface area contributed by atoms with E-state index in [9.17, 15) is 0 Å². The van der Waals surface area contributed by atoms with Gasteiger partial charge in [0.25, 0.3) is 0 Å². The summed E-state index contributed by atoms with van der Waals surface area (Å²) in [5, 5.41) is 3.26. The van der Waals surface area contributed by atoms with Crippen molar-refractivity contribution in [2.24, 2.45) is 0 Å². The first-order valence-electron chi connectivity index (χ1n) is 5.28. The second-order valence-electron chi connectivity index (χ2n) is 3.64. The average Bonchev–Trinajstić information content (AvgIpc) is 2.24. The molecule has 0 bridgehead atoms. The molecule has 84 valence electrons. The lowest BCUT2D eigenvalue weighted by Crippen LogP contribution is -2.20. The molecule has 0 fully saturated rings. The lowest BCUT2D eigenvalue weighted by Gasteiger charge is -2.09. The van der Waals surface area contributed by atoms with Crippen molar-refractivity contribution in [2.75, 3.05) is 12.8 Å². The molecule has 0 radical (unpaired) electrons. The van der Waals surface area contributed by atoms with Crippen LogP contribution in [0.3, 0.4) is 0 Å². The molecular weight excluding hydrogens is 270 g/mol. The largest absolute Gasteiger partial charge is 0.317 e. The molecule has 1 aromatic rings. The average molecular weight is 288 g/mol. The molecular formula is C12H18BrNS. The minimum absolute atomic E-state index is 0.633. The summed E-state index contributed by atoms with van der Waals surface area (Å²) < 4.78 is 1.16. The molecule has 15 heavy (non-hydrogen) atoms. The summed E-state index contributed by atoms with van der Waals surface area (Å²) in [6, 6.07) is 9.12. The van der Waals surface area contributed by atoms with E-state index in [4.69, 9.17) is 0 Å². The van der Waals surface area contributed by atoms with Crippen LogP contribution in [0, 0.1) is 0 Å². The Morgan fingerprint density at radius 3 is 2.93 bits per heavy atom. The third-order valence-corrected chi connectivity index (χ3v) is 3.91. The molecule has 0 saturated heterocycles. The van der Waals surface area contributed by atoms with E-state index in [1.54, 1.807) is 0 Å². The van der Waals surface area contributed by atoms with Gasteiger partial charge >= 0.3 is 0 Å². The summed E-state index contributed by atoms with van der Waals surface area (Å²) in [5.74, 6) is 1.20. The Labute approximate surface area is 105 Å². The van der Waals surface area contributed by atoms with Gasteiger partial charge in [-0.2, -0.15) is 0 Å². The van der Waals surface area contributed by atoms with Crippen LogP contribution in [0.25, 0.3) is 0 Å². The molecule has 0 aliphatic heterocycles. The molecule has 1 aromatic carbocycles. The second-order valence-corrected chi connectivity index (χ2v) is 5.72. The van der Waals surface area contributed by atoms with Gasteiger partial charge < -0.3 is 5.32 Å². The highest BCUT2D eigenvalue weighted by Gasteiger charge is 1.99. The first kappa shape index (κ1) is 13.1. The van der Waals surface area contributed by atoms with Gasteiger partial charge in [0.05, 0.1) is 0 Å². The van der Waals surface area contributed by atoms with Gasteiger partial charge in [-0.3, -0.25) is 0 Å². The van der Waals surface area contributed by atoms with E-state index in [0.29, 0.717) is 6.04 Å². The van der Waals surface area contributed by atoms with Gasteiger partial charge in [-0.05, 0) is 50.8 Å².